The molecule has 0 aromatic carbocycles. The molecule has 0 bridgehead atoms. The van der Waals surface area contributed by atoms with E-state index in [1.807, 2.05) is 10.7 Å². The first-order chi connectivity index (χ1) is 7.84. The smallest absolute Gasteiger partial charge is 0.231 e. The lowest BCUT2D eigenvalue weighted by Crippen LogP contribution is -2.49. The fourth-order valence-corrected chi connectivity index (χ4v) is 1.85. The number of hydrogen-bond donors (Lipinski definition) is 3. The van der Waals surface area contributed by atoms with Gasteiger partial charge in [0.05, 0.1) is 18.2 Å². The van der Waals surface area contributed by atoms with E-state index in [9.17, 15) is 4.79 Å². The van der Waals surface area contributed by atoms with Gasteiger partial charge in [-0.15, -0.1) is 0 Å². The van der Waals surface area contributed by atoms with Gasteiger partial charge in [-0.05, 0) is 0 Å². The van der Waals surface area contributed by atoms with Crippen LogP contribution in [0.25, 0.3) is 0 Å². The second-order valence-electron chi connectivity index (χ2n) is 4.32. The number of carbonyl (C=O) groups excluding carboxylic acids is 1. The maximum atomic E-state index is 11.8. The molecule has 0 atom stereocenters. The third-order valence-corrected chi connectivity index (χ3v) is 3.18. The summed E-state index contributed by atoms with van der Waals surface area (Å²) in [5, 5.41) is 13.5. The highest BCUT2D eigenvalue weighted by Crippen LogP contribution is 2.18. The van der Waals surface area contributed by atoms with Crippen LogP contribution in [0, 0.1) is 5.92 Å². The summed E-state index contributed by atoms with van der Waals surface area (Å²) in [5.41, 5.74) is 0. The monoisotopic (exact) mass is 221 g/mol. The maximum Gasteiger partial charge on any atom is 0.231 e. The van der Waals surface area contributed by atoms with Crippen LogP contribution in [-0.2, 0) is 4.79 Å². The predicted molar refractivity (Wildman–Crippen MR) is 59.1 cm³/mol. The van der Waals surface area contributed by atoms with Crippen LogP contribution < -0.4 is 16.0 Å². The Morgan fingerprint density at radius 1 is 1.38 bits per heavy atom. The van der Waals surface area contributed by atoms with Crippen molar-refractivity contribution in [3.63, 3.8) is 0 Å². The van der Waals surface area contributed by atoms with Gasteiger partial charge in [-0.3, -0.25) is 4.79 Å². The maximum absolute atomic E-state index is 11.8. The zero-order valence-corrected chi connectivity index (χ0v) is 8.94. The summed E-state index contributed by atoms with van der Waals surface area (Å²) in [7, 11) is 0. The Morgan fingerprint density at radius 3 is 2.69 bits per heavy atom. The van der Waals surface area contributed by atoms with Crippen LogP contribution >= 0.6 is 0 Å². The number of aromatic nitrogens is 2. The first-order valence-corrected chi connectivity index (χ1v) is 5.60. The lowest BCUT2D eigenvalue weighted by molar-refractivity contribution is -0.121. The molecule has 1 aromatic rings. The van der Waals surface area contributed by atoms with Crippen LogP contribution in [0.3, 0.4) is 0 Å². The first-order valence-electron chi connectivity index (χ1n) is 5.60. The van der Waals surface area contributed by atoms with Crippen molar-refractivity contribution < 1.29 is 4.79 Å². The molecular formula is C10H15N5O. The van der Waals surface area contributed by atoms with E-state index in [0.717, 1.165) is 32.0 Å². The van der Waals surface area contributed by atoms with E-state index in [0.29, 0.717) is 6.04 Å². The van der Waals surface area contributed by atoms with E-state index in [-0.39, 0.29) is 11.8 Å². The Bertz CT molecular complexity index is 394. The molecule has 3 rings (SSSR count). The zero-order valence-electron chi connectivity index (χ0n) is 8.94. The number of rotatable bonds is 3. The summed E-state index contributed by atoms with van der Waals surface area (Å²) in [5.74, 6) is 1.01. The zero-order chi connectivity index (χ0) is 11.0. The summed E-state index contributed by atoms with van der Waals surface area (Å²) in [6.07, 6.45) is 1.73. The molecule has 86 valence electrons. The van der Waals surface area contributed by atoms with Crippen molar-refractivity contribution in [1.29, 1.82) is 0 Å². The van der Waals surface area contributed by atoms with Gasteiger partial charge >= 0.3 is 0 Å². The van der Waals surface area contributed by atoms with Crippen LogP contribution in [0.15, 0.2) is 12.3 Å². The van der Waals surface area contributed by atoms with Crippen LogP contribution in [0.5, 0.6) is 0 Å². The molecule has 2 fully saturated rings. The second kappa shape index (κ2) is 3.88. The molecule has 1 aromatic heterocycles. The van der Waals surface area contributed by atoms with E-state index >= 15 is 0 Å². The van der Waals surface area contributed by atoms with Crippen molar-refractivity contribution in [2.45, 2.75) is 6.04 Å². The molecular weight excluding hydrogens is 206 g/mol. The van der Waals surface area contributed by atoms with E-state index in [1.165, 1.54) is 0 Å². The van der Waals surface area contributed by atoms with Crippen molar-refractivity contribution in [3.8, 4) is 0 Å². The lowest BCUT2D eigenvalue weighted by Gasteiger charge is -2.30. The minimum atomic E-state index is 0.0905. The van der Waals surface area contributed by atoms with Crippen LogP contribution in [0.2, 0.25) is 0 Å². The molecule has 6 heteroatoms. The molecule has 6 nitrogen and oxygen atoms in total. The van der Waals surface area contributed by atoms with Gasteiger partial charge in [-0.1, -0.05) is 0 Å². The molecule has 0 unspecified atom stereocenters. The average molecular weight is 221 g/mol. The number of hydrogen-bond acceptors (Lipinski definition) is 4. The van der Waals surface area contributed by atoms with Gasteiger partial charge in [0, 0.05) is 32.2 Å². The Hall–Kier alpha value is -1.40. The molecule has 2 aliphatic rings. The molecule has 3 N–H and O–H groups in total. The van der Waals surface area contributed by atoms with Gasteiger partial charge in [0.1, 0.15) is 5.82 Å². The largest absolute Gasteiger partial charge is 0.315 e. The lowest BCUT2D eigenvalue weighted by atomic mass is 10.0. The van der Waals surface area contributed by atoms with E-state index in [4.69, 9.17) is 0 Å². The van der Waals surface area contributed by atoms with Crippen molar-refractivity contribution in [1.82, 2.24) is 20.4 Å². The molecule has 0 radical (unpaired) electrons. The van der Waals surface area contributed by atoms with E-state index < -0.39 is 0 Å². The minimum Gasteiger partial charge on any atom is -0.315 e. The Kier molecular flexibility index (Phi) is 2.37. The number of anilines is 1. The Labute approximate surface area is 93.4 Å². The van der Waals surface area contributed by atoms with Gasteiger partial charge in [-0.2, -0.15) is 5.10 Å². The Morgan fingerprint density at radius 2 is 2.12 bits per heavy atom. The Balaban J connectivity index is 1.68. The van der Waals surface area contributed by atoms with Gasteiger partial charge in [0.15, 0.2) is 0 Å². The van der Waals surface area contributed by atoms with Crippen molar-refractivity contribution in [2.24, 2.45) is 5.92 Å². The van der Waals surface area contributed by atoms with Gasteiger partial charge < -0.3 is 16.0 Å². The first kappa shape index (κ1) is 9.80. The number of amides is 1. The van der Waals surface area contributed by atoms with Crippen molar-refractivity contribution in [3.05, 3.63) is 12.3 Å². The normalized spacial score (nSPS) is 21.2. The topological polar surface area (TPSA) is 71.0 Å². The van der Waals surface area contributed by atoms with Crippen molar-refractivity contribution >= 4 is 11.7 Å². The molecule has 1 amide bonds. The molecule has 16 heavy (non-hydrogen) atoms. The van der Waals surface area contributed by atoms with E-state index in [2.05, 4.69) is 21.0 Å². The molecule has 2 aliphatic heterocycles. The summed E-state index contributed by atoms with van der Waals surface area (Å²) in [6, 6.07) is 2.23. The quantitative estimate of drug-likeness (QED) is 0.624. The predicted octanol–water partition coefficient (Wildman–Crippen LogP) is -0.815. The number of nitrogens with one attached hydrogen (secondary N) is 3. The summed E-state index contributed by atoms with van der Waals surface area (Å²) in [4.78, 5) is 11.8. The molecule has 0 spiro atoms. The highest BCUT2D eigenvalue weighted by Gasteiger charge is 2.27. The van der Waals surface area contributed by atoms with Crippen LogP contribution in [0.4, 0.5) is 5.82 Å². The molecule has 0 aliphatic carbocycles. The highest BCUT2D eigenvalue weighted by atomic mass is 16.2. The fourth-order valence-electron chi connectivity index (χ4n) is 1.85. The summed E-state index contributed by atoms with van der Waals surface area (Å²) < 4.78 is 1.89. The van der Waals surface area contributed by atoms with Gasteiger partial charge in [-0.25, -0.2) is 4.68 Å². The van der Waals surface area contributed by atoms with Gasteiger partial charge in [0.2, 0.25) is 5.91 Å². The van der Waals surface area contributed by atoms with Gasteiger partial charge in [0.25, 0.3) is 0 Å². The SMILES string of the molecule is O=C(Nc1ccnn1C1CNC1)C1CNC1. The summed E-state index contributed by atoms with van der Waals surface area (Å²) >= 11 is 0. The minimum absolute atomic E-state index is 0.0905. The number of nitrogens with zero attached hydrogens (tertiary/aromatic N) is 2. The summed E-state index contributed by atoms with van der Waals surface area (Å²) in [6.45, 7) is 3.42. The van der Waals surface area contributed by atoms with Crippen LogP contribution in [-0.4, -0.2) is 41.9 Å². The van der Waals surface area contributed by atoms with Crippen molar-refractivity contribution in [2.75, 3.05) is 31.5 Å². The highest BCUT2D eigenvalue weighted by molar-refractivity contribution is 5.92. The average Bonchev–Trinajstić information content (AvgIpc) is 2.46. The van der Waals surface area contributed by atoms with E-state index in [1.54, 1.807) is 6.20 Å². The third kappa shape index (κ3) is 1.60. The standard InChI is InChI=1S/C10H15N5O/c16-10(7-3-11-4-7)14-9-1-2-13-15(9)8-5-12-6-8/h1-2,7-8,11-12H,3-6H2,(H,14,16). The fraction of sp³-hybridized carbons (Fsp3) is 0.600. The molecule has 3 heterocycles. The molecule has 0 saturated carbocycles. The van der Waals surface area contributed by atoms with Crippen LogP contribution in [0.1, 0.15) is 6.04 Å². The second-order valence-corrected chi connectivity index (χ2v) is 4.32. The third-order valence-electron chi connectivity index (χ3n) is 3.18. The molecule has 2 saturated heterocycles. The number of carbonyl (C=O) groups is 1.